The number of hydrogen-bond acceptors (Lipinski definition) is 6. The fourth-order valence-electron chi connectivity index (χ4n) is 6.12. The van der Waals surface area contributed by atoms with Crippen molar-refractivity contribution in [2.75, 3.05) is 45.2 Å². The highest BCUT2D eigenvalue weighted by Crippen LogP contribution is 2.20. The van der Waals surface area contributed by atoms with Crippen molar-refractivity contribution < 1.29 is 9.59 Å². The Kier molecular flexibility index (Phi) is 10.5. The quantitative estimate of drug-likeness (QED) is 0.369. The molecule has 1 aliphatic heterocycles. The lowest BCUT2D eigenvalue weighted by atomic mass is 9.95. The van der Waals surface area contributed by atoms with Crippen molar-refractivity contribution in [2.45, 2.75) is 63.7 Å². The summed E-state index contributed by atoms with van der Waals surface area (Å²) in [5.74, 6) is -0.130. The van der Waals surface area contributed by atoms with Crippen LogP contribution in [0.25, 0.3) is 0 Å². The van der Waals surface area contributed by atoms with E-state index in [0.717, 1.165) is 49.2 Å². The van der Waals surface area contributed by atoms with Crippen LogP contribution in [0.5, 0.6) is 0 Å². The molecule has 0 unspecified atom stereocenters. The maximum Gasteiger partial charge on any atom is 0.318 e. The minimum Gasteiger partial charge on any atom is -0.378 e. The molecule has 1 saturated heterocycles. The van der Waals surface area contributed by atoms with E-state index < -0.39 is 6.04 Å². The van der Waals surface area contributed by atoms with Gasteiger partial charge in [-0.05, 0) is 48.2 Å². The lowest BCUT2D eigenvalue weighted by molar-refractivity contribution is -0.127. The SMILES string of the molecule is CN(C)c1ccc(CN2CCN(C(=O)NC3CCCCC3)[C@@H](C(=O)NCCc3cncn3Cc3ccc(C#N)cc3)C2)cc1. The average molecular weight is 597 g/mol. The average Bonchev–Trinajstić information content (AvgIpc) is 3.48. The van der Waals surface area contributed by atoms with Gasteiger partial charge in [-0.2, -0.15) is 5.26 Å². The first-order valence-corrected chi connectivity index (χ1v) is 15.7. The predicted molar refractivity (Wildman–Crippen MR) is 171 cm³/mol. The van der Waals surface area contributed by atoms with E-state index in [1.165, 1.54) is 12.0 Å². The van der Waals surface area contributed by atoms with Gasteiger partial charge in [-0.1, -0.05) is 43.5 Å². The van der Waals surface area contributed by atoms with E-state index >= 15 is 0 Å². The molecule has 2 aliphatic rings. The number of nitrogens with one attached hydrogen (secondary N) is 2. The first-order chi connectivity index (χ1) is 21.4. The maximum atomic E-state index is 13.7. The first kappa shape index (κ1) is 31.1. The van der Waals surface area contributed by atoms with Crippen LogP contribution in [0.1, 0.15) is 54.5 Å². The molecular formula is C34H44N8O2. The Bertz CT molecular complexity index is 1420. The highest BCUT2D eigenvalue weighted by molar-refractivity contribution is 5.87. The molecule has 2 aromatic carbocycles. The molecule has 5 rings (SSSR count). The fourth-order valence-corrected chi connectivity index (χ4v) is 6.12. The Labute approximate surface area is 260 Å². The van der Waals surface area contributed by atoms with Crippen LogP contribution < -0.4 is 15.5 Å². The third-order valence-corrected chi connectivity index (χ3v) is 8.73. The molecule has 0 spiro atoms. The number of imidazole rings is 1. The number of nitriles is 1. The maximum absolute atomic E-state index is 13.7. The lowest BCUT2D eigenvalue weighted by Gasteiger charge is -2.41. The zero-order valence-electron chi connectivity index (χ0n) is 25.9. The van der Waals surface area contributed by atoms with E-state index in [-0.39, 0.29) is 18.0 Å². The Hall–Kier alpha value is -4.36. The topological polar surface area (TPSA) is 110 Å². The smallest absolute Gasteiger partial charge is 0.318 e. The number of amides is 3. The van der Waals surface area contributed by atoms with Crippen LogP contribution in [-0.4, -0.2) is 83.6 Å². The number of anilines is 1. The minimum atomic E-state index is -0.572. The lowest BCUT2D eigenvalue weighted by Crippen LogP contribution is -2.63. The van der Waals surface area contributed by atoms with Crippen molar-refractivity contribution in [3.05, 3.63) is 83.4 Å². The number of urea groups is 1. The van der Waals surface area contributed by atoms with Gasteiger partial charge < -0.3 is 25.0 Å². The molecule has 2 fully saturated rings. The molecule has 1 atom stereocenters. The van der Waals surface area contributed by atoms with Crippen LogP contribution in [0.2, 0.25) is 0 Å². The highest BCUT2D eigenvalue weighted by atomic mass is 16.2. The number of rotatable bonds is 10. The van der Waals surface area contributed by atoms with Gasteiger partial charge in [-0.3, -0.25) is 9.69 Å². The number of nitrogens with zero attached hydrogens (tertiary/aromatic N) is 6. The summed E-state index contributed by atoms with van der Waals surface area (Å²) in [5.41, 5.74) is 5.05. The van der Waals surface area contributed by atoms with Crippen molar-refractivity contribution in [1.82, 2.24) is 30.0 Å². The van der Waals surface area contributed by atoms with Gasteiger partial charge in [0.25, 0.3) is 0 Å². The Balaban J connectivity index is 1.21. The molecule has 3 aromatic rings. The van der Waals surface area contributed by atoms with Crippen molar-refractivity contribution >= 4 is 17.6 Å². The number of piperazine rings is 1. The molecule has 0 radical (unpaired) electrons. The van der Waals surface area contributed by atoms with Crippen LogP contribution in [0, 0.1) is 11.3 Å². The third-order valence-electron chi connectivity index (χ3n) is 8.73. The molecule has 1 aliphatic carbocycles. The molecule has 10 heteroatoms. The minimum absolute atomic E-state index is 0.130. The second kappa shape index (κ2) is 14.9. The molecule has 10 nitrogen and oxygen atoms in total. The van der Waals surface area contributed by atoms with E-state index in [0.29, 0.717) is 44.7 Å². The summed E-state index contributed by atoms with van der Waals surface area (Å²) in [7, 11) is 4.05. The van der Waals surface area contributed by atoms with Crippen LogP contribution in [0.3, 0.4) is 0 Å². The largest absolute Gasteiger partial charge is 0.378 e. The van der Waals surface area contributed by atoms with Crippen LogP contribution in [0.15, 0.2) is 61.1 Å². The molecule has 44 heavy (non-hydrogen) atoms. The van der Waals surface area contributed by atoms with Gasteiger partial charge in [0.1, 0.15) is 6.04 Å². The van der Waals surface area contributed by atoms with Gasteiger partial charge in [0.2, 0.25) is 5.91 Å². The van der Waals surface area contributed by atoms with Gasteiger partial charge in [0.05, 0.1) is 18.0 Å². The van der Waals surface area contributed by atoms with E-state index in [4.69, 9.17) is 5.26 Å². The summed E-state index contributed by atoms with van der Waals surface area (Å²) < 4.78 is 2.06. The first-order valence-electron chi connectivity index (χ1n) is 15.7. The summed E-state index contributed by atoms with van der Waals surface area (Å²) in [6, 6.07) is 17.6. The number of carbonyl (C=O) groups is 2. The summed E-state index contributed by atoms with van der Waals surface area (Å²) in [6.45, 7) is 3.51. The number of carbonyl (C=O) groups excluding carboxylic acids is 2. The second-order valence-electron chi connectivity index (χ2n) is 12.2. The molecule has 0 bridgehead atoms. The molecule has 1 aromatic heterocycles. The molecule has 232 valence electrons. The molecular weight excluding hydrogens is 552 g/mol. The van der Waals surface area contributed by atoms with Gasteiger partial charge in [0.15, 0.2) is 0 Å². The monoisotopic (exact) mass is 596 g/mol. The molecule has 1 saturated carbocycles. The second-order valence-corrected chi connectivity index (χ2v) is 12.2. The van der Waals surface area contributed by atoms with Crippen molar-refractivity contribution in [3.63, 3.8) is 0 Å². The number of benzene rings is 2. The van der Waals surface area contributed by atoms with Crippen molar-refractivity contribution in [1.29, 1.82) is 5.26 Å². The van der Waals surface area contributed by atoms with E-state index in [9.17, 15) is 9.59 Å². The molecule has 3 amide bonds. The van der Waals surface area contributed by atoms with Gasteiger partial charge in [-0.15, -0.1) is 0 Å². The Morgan fingerprint density at radius 1 is 0.977 bits per heavy atom. The van der Waals surface area contributed by atoms with E-state index in [2.05, 4.69) is 60.3 Å². The standard InChI is InChI=1S/C34H44N8O2/c1-39(2)30-14-12-27(13-15-30)22-40-18-19-42(34(44)38-29-6-4-3-5-7-29)32(24-40)33(43)37-17-16-31-21-36-25-41(31)23-28-10-8-26(20-35)9-11-28/h8-15,21,25,29,32H,3-7,16-19,22-24H2,1-2H3,(H,37,43)(H,38,44)/t32-/m1/s1. The van der Waals surface area contributed by atoms with Crippen LogP contribution >= 0.6 is 0 Å². The van der Waals surface area contributed by atoms with Gasteiger partial charge in [-0.25, -0.2) is 9.78 Å². The Morgan fingerprint density at radius 2 is 1.68 bits per heavy atom. The Morgan fingerprint density at radius 3 is 2.39 bits per heavy atom. The summed E-state index contributed by atoms with van der Waals surface area (Å²) in [4.78, 5) is 37.5. The van der Waals surface area contributed by atoms with Crippen molar-refractivity contribution in [2.24, 2.45) is 0 Å². The zero-order valence-corrected chi connectivity index (χ0v) is 25.9. The van der Waals surface area contributed by atoms with Crippen LogP contribution in [0.4, 0.5) is 10.5 Å². The highest BCUT2D eigenvalue weighted by Gasteiger charge is 2.36. The van der Waals surface area contributed by atoms with E-state index in [1.807, 2.05) is 44.6 Å². The van der Waals surface area contributed by atoms with E-state index in [1.54, 1.807) is 11.2 Å². The summed E-state index contributed by atoms with van der Waals surface area (Å²) in [6.07, 6.45) is 9.72. The summed E-state index contributed by atoms with van der Waals surface area (Å²) in [5, 5.41) is 15.4. The normalized spacial score (nSPS) is 17.6. The van der Waals surface area contributed by atoms with Crippen LogP contribution in [-0.2, 0) is 24.3 Å². The number of hydrogen-bond donors (Lipinski definition) is 2. The van der Waals surface area contributed by atoms with Gasteiger partial charge >= 0.3 is 6.03 Å². The third kappa shape index (κ3) is 8.17. The molecule has 2 heterocycles. The predicted octanol–water partition coefficient (Wildman–Crippen LogP) is 3.76. The fraction of sp³-hybridized carbons (Fsp3) is 0.471. The molecule has 2 N–H and O–H groups in total. The van der Waals surface area contributed by atoms with Gasteiger partial charge in [0, 0.05) is 83.4 Å². The zero-order chi connectivity index (χ0) is 30.9. The number of aromatic nitrogens is 2. The summed E-state index contributed by atoms with van der Waals surface area (Å²) >= 11 is 0. The van der Waals surface area contributed by atoms with Crippen molar-refractivity contribution in [3.8, 4) is 6.07 Å².